The minimum atomic E-state index is -0.382. The first-order valence-electron chi connectivity index (χ1n) is 8.67. The lowest BCUT2D eigenvalue weighted by atomic mass is 9.97. The van der Waals surface area contributed by atoms with Crippen molar-refractivity contribution in [2.24, 2.45) is 0 Å². The van der Waals surface area contributed by atoms with Gasteiger partial charge in [0.1, 0.15) is 0 Å². The van der Waals surface area contributed by atoms with Gasteiger partial charge >= 0.3 is 5.97 Å². The maximum Gasteiger partial charge on any atom is 0.313 e. The predicted molar refractivity (Wildman–Crippen MR) is 103 cm³/mol. The Kier molecular flexibility index (Phi) is 5.64. The Morgan fingerprint density at radius 2 is 1.62 bits per heavy atom. The van der Waals surface area contributed by atoms with E-state index in [1.165, 1.54) is 0 Å². The molecule has 132 valence electrons. The molecule has 0 aliphatic carbocycles. The van der Waals surface area contributed by atoms with Gasteiger partial charge in [-0.25, -0.2) is 0 Å². The van der Waals surface area contributed by atoms with Crippen LogP contribution in [0, 0.1) is 0 Å². The van der Waals surface area contributed by atoms with Crippen LogP contribution in [-0.2, 0) is 14.3 Å². The highest BCUT2D eigenvalue weighted by molar-refractivity contribution is 5.96. The molecule has 3 aromatic carbocycles. The molecule has 0 spiro atoms. The van der Waals surface area contributed by atoms with Gasteiger partial charge in [-0.05, 0) is 34.9 Å². The van der Waals surface area contributed by atoms with Crippen LogP contribution in [0.3, 0.4) is 0 Å². The number of hydrogen-bond acceptors (Lipinski definition) is 3. The second-order valence-electron chi connectivity index (χ2n) is 6.09. The SMILES string of the molecule is CC[C@H](C(=O)OCC(=O)Nc1ccc2ccccc2c1)c1ccccc1. The summed E-state index contributed by atoms with van der Waals surface area (Å²) < 4.78 is 5.22. The van der Waals surface area contributed by atoms with E-state index < -0.39 is 0 Å². The number of fused-ring (bicyclic) bond motifs is 1. The van der Waals surface area contributed by atoms with Crippen molar-refractivity contribution in [3.63, 3.8) is 0 Å². The van der Waals surface area contributed by atoms with Gasteiger partial charge in [-0.1, -0.05) is 67.6 Å². The average molecular weight is 347 g/mol. The molecule has 0 heterocycles. The number of anilines is 1. The number of benzene rings is 3. The number of rotatable bonds is 6. The Balaban J connectivity index is 1.58. The normalized spacial score (nSPS) is 11.7. The summed E-state index contributed by atoms with van der Waals surface area (Å²) in [4.78, 5) is 24.4. The van der Waals surface area contributed by atoms with Crippen LogP contribution in [0.25, 0.3) is 10.8 Å². The Bertz CT molecular complexity index is 905. The molecule has 1 N–H and O–H groups in total. The molecule has 0 saturated carbocycles. The summed E-state index contributed by atoms with van der Waals surface area (Å²) in [5.74, 6) is -1.09. The summed E-state index contributed by atoms with van der Waals surface area (Å²) in [5.41, 5.74) is 1.58. The molecule has 26 heavy (non-hydrogen) atoms. The molecule has 0 saturated heterocycles. The molecule has 4 heteroatoms. The molecule has 0 radical (unpaired) electrons. The van der Waals surface area contributed by atoms with E-state index in [-0.39, 0.29) is 24.4 Å². The van der Waals surface area contributed by atoms with Crippen LogP contribution in [0.1, 0.15) is 24.8 Å². The second kappa shape index (κ2) is 8.30. The maximum absolute atomic E-state index is 12.3. The van der Waals surface area contributed by atoms with E-state index in [0.29, 0.717) is 12.1 Å². The fourth-order valence-electron chi connectivity index (χ4n) is 2.93. The molecule has 0 unspecified atom stereocenters. The van der Waals surface area contributed by atoms with Gasteiger partial charge in [0.25, 0.3) is 5.91 Å². The maximum atomic E-state index is 12.3. The van der Waals surface area contributed by atoms with Gasteiger partial charge in [0, 0.05) is 5.69 Å². The summed E-state index contributed by atoms with van der Waals surface area (Å²) in [6.07, 6.45) is 0.620. The first-order valence-corrected chi connectivity index (χ1v) is 8.67. The van der Waals surface area contributed by atoms with Gasteiger partial charge in [-0.15, -0.1) is 0 Å². The minimum absolute atomic E-state index is 0.297. The number of esters is 1. The minimum Gasteiger partial charge on any atom is -0.455 e. The van der Waals surface area contributed by atoms with Crippen molar-refractivity contribution in [3.8, 4) is 0 Å². The highest BCUT2D eigenvalue weighted by Crippen LogP contribution is 2.21. The predicted octanol–water partition coefficient (Wildman–Crippen LogP) is 4.52. The molecule has 0 aliphatic heterocycles. The number of carbonyl (C=O) groups excluding carboxylic acids is 2. The average Bonchev–Trinajstić information content (AvgIpc) is 2.68. The monoisotopic (exact) mass is 347 g/mol. The van der Waals surface area contributed by atoms with E-state index in [1.807, 2.05) is 79.7 Å². The first-order chi connectivity index (χ1) is 12.7. The fraction of sp³-hybridized carbons (Fsp3) is 0.182. The molecule has 3 rings (SSSR count). The Morgan fingerprint density at radius 3 is 2.35 bits per heavy atom. The quantitative estimate of drug-likeness (QED) is 0.667. The summed E-state index contributed by atoms with van der Waals surface area (Å²) in [6.45, 7) is 1.63. The van der Waals surface area contributed by atoms with E-state index >= 15 is 0 Å². The molecule has 0 fully saturated rings. The topological polar surface area (TPSA) is 55.4 Å². The molecule has 1 amide bonds. The van der Waals surface area contributed by atoms with Crippen molar-refractivity contribution >= 4 is 28.3 Å². The van der Waals surface area contributed by atoms with E-state index in [0.717, 1.165) is 16.3 Å². The van der Waals surface area contributed by atoms with E-state index in [9.17, 15) is 9.59 Å². The summed E-state index contributed by atoms with van der Waals surface area (Å²) in [7, 11) is 0. The van der Waals surface area contributed by atoms with Crippen LogP contribution in [-0.4, -0.2) is 18.5 Å². The summed E-state index contributed by atoms with van der Waals surface area (Å²) >= 11 is 0. The number of amides is 1. The standard InChI is InChI=1S/C22H21NO3/c1-2-20(17-9-4-3-5-10-17)22(25)26-15-21(24)23-19-13-12-16-8-6-7-11-18(16)14-19/h3-14,20H,2,15H2,1H3,(H,23,24)/t20-/m0/s1. The van der Waals surface area contributed by atoms with Gasteiger partial charge in [0.15, 0.2) is 6.61 Å². The summed E-state index contributed by atoms with van der Waals surface area (Å²) in [5, 5.41) is 4.91. The number of nitrogens with one attached hydrogen (secondary N) is 1. The van der Waals surface area contributed by atoms with Crippen molar-refractivity contribution in [2.45, 2.75) is 19.3 Å². The molecule has 0 bridgehead atoms. The zero-order valence-electron chi connectivity index (χ0n) is 14.6. The van der Waals surface area contributed by atoms with Gasteiger partial charge in [0.05, 0.1) is 5.92 Å². The smallest absolute Gasteiger partial charge is 0.313 e. The number of ether oxygens (including phenoxy) is 1. The Labute approximate surface area is 152 Å². The van der Waals surface area contributed by atoms with Crippen molar-refractivity contribution in [1.82, 2.24) is 0 Å². The third kappa shape index (κ3) is 4.28. The zero-order valence-corrected chi connectivity index (χ0v) is 14.6. The van der Waals surface area contributed by atoms with Crippen LogP contribution in [0.2, 0.25) is 0 Å². The second-order valence-corrected chi connectivity index (χ2v) is 6.09. The fourth-order valence-corrected chi connectivity index (χ4v) is 2.93. The van der Waals surface area contributed by atoms with Gasteiger partial charge in [-0.2, -0.15) is 0 Å². The zero-order chi connectivity index (χ0) is 18.4. The van der Waals surface area contributed by atoms with Crippen LogP contribution in [0.15, 0.2) is 72.8 Å². The van der Waals surface area contributed by atoms with E-state index in [4.69, 9.17) is 4.74 Å². The highest BCUT2D eigenvalue weighted by Gasteiger charge is 2.20. The molecule has 1 atom stereocenters. The molecular formula is C22H21NO3. The Hall–Kier alpha value is -3.14. The van der Waals surface area contributed by atoms with Crippen LogP contribution < -0.4 is 5.32 Å². The van der Waals surface area contributed by atoms with Crippen LogP contribution in [0.5, 0.6) is 0 Å². The molecule has 0 aromatic heterocycles. The third-order valence-corrected chi connectivity index (χ3v) is 4.27. The lowest BCUT2D eigenvalue weighted by molar-refractivity contribution is -0.149. The highest BCUT2D eigenvalue weighted by atomic mass is 16.5. The van der Waals surface area contributed by atoms with Crippen molar-refractivity contribution < 1.29 is 14.3 Å². The van der Waals surface area contributed by atoms with Crippen LogP contribution >= 0.6 is 0 Å². The lowest BCUT2D eigenvalue weighted by Gasteiger charge is -2.14. The third-order valence-electron chi connectivity index (χ3n) is 4.27. The lowest BCUT2D eigenvalue weighted by Crippen LogP contribution is -2.23. The largest absolute Gasteiger partial charge is 0.455 e. The Morgan fingerprint density at radius 1 is 0.923 bits per heavy atom. The van der Waals surface area contributed by atoms with E-state index in [1.54, 1.807) is 0 Å². The molecular weight excluding hydrogens is 326 g/mol. The first kappa shape index (κ1) is 17.7. The molecule has 3 aromatic rings. The molecule has 4 nitrogen and oxygen atoms in total. The van der Waals surface area contributed by atoms with Crippen LogP contribution in [0.4, 0.5) is 5.69 Å². The van der Waals surface area contributed by atoms with Crippen molar-refractivity contribution in [2.75, 3.05) is 11.9 Å². The summed E-state index contributed by atoms with van der Waals surface area (Å²) in [6, 6.07) is 23.0. The van der Waals surface area contributed by atoms with Crippen molar-refractivity contribution in [3.05, 3.63) is 78.4 Å². The van der Waals surface area contributed by atoms with Gasteiger partial charge in [0.2, 0.25) is 0 Å². The molecule has 0 aliphatic rings. The van der Waals surface area contributed by atoms with Gasteiger partial charge in [-0.3, -0.25) is 9.59 Å². The van der Waals surface area contributed by atoms with E-state index in [2.05, 4.69) is 5.32 Å². The number of hydrogen-bond donors (Lipinski definition) is 1. The number of carbonyl (C=O) groups is 2. The van der Waals surface area contributed by atoms with Gasteiger partial charge < -0.3 is 10.1 Å². The van der Waals surface area contributed by atoms with Crippen molar-refractivity contribution in [1.29, 1.82) is 0 Å².